The SMILES string of the molecule is O=C(O)c1cc(OCc2ccccc2)nc(-c2cccc(Cl)c2)c1. The van der Waals surface area contributed by atoms with Crippen LogP contribution in [0.5, 0.6) is 5.88 Å². The van der Waals surface area contributed by atoms with E-state index in [1.807, 2.05) is 36.4 Å². The largest absolute Gasteiger partial charge is 0.478 e. The highest BCUT2D eigenvalue weighted by atomic mass is 35.5. The van der Waals surface area contributed by atoms with Crippen LogP contribution in [-0.2, 0) is 6.61 Å². The average molecular weight is 340 g/mol. The number of aromatic carboxylic acids is 1. The summed E-state index contributed by atoms with van der Waals surface area (Å²) in [6.45, 7) is 0.311. The van der Waals surface area contributed by atoms with Crippen LogP contribution in [0.25, 0.3) is 11.3 Å². The van der Waals surface area contributed by atoms with Gasteiger partial charge in [0.25, 0.3) is 0 Å². The first-order valence-electron chi connectivity index (χ1n) is 7.30. The number of hydrogen-bond donors (Lipinski definition) is 1. The highest BCUT2D eigenvalue weighted by Gasteiger charge is 2.11. The Morgan fingerprint density at radius 3 is 2.54 bits per heavy atom. The minimum absolute atomic E-state index is 0.114. The van der Waals surface area contributed by atoms with Crippen LogP contribution in [-0.4, -0.2) is 16.1 Å². The maximum Gasteiger partial charge on any atom is 0.335 e. The van der Waals surface area contributed by atoms with E-state index in [2.05, 4.69) is 4.98 Å². The fourth-order valence-corrected chi connectivity index (χ4v) is 2.42. The number of nitrogens with zero attached hydrogens (tertiary/aromatic N) is 1. The lowest BCUT2D eigenvalue weighted by Crippen LogP contribution is -2.02. The molecule has 0 saturated heterocycles. The molecule has 0 fully saturated rings. The van der Waals surface area contributed by atoms with Gasteiger partial charge in [0.2, 0.25) is 5.88 Å². The Kier molecular flexibility index (Phi) is 4.77. The van der Waals surface area contributed by atoms with Gasteiger partial charge in [0.1, 0.15) is 6.61 Å². The summed E-state index contributed by atoms with van der Waals surface area (Å²) in [7, 11) is 0. The lowest BCUT2D eigenvalue weighted by atomic mass is 10.1. The Bertz CT molecular complexity index is 865. The van der Waals surface area contributed by atoms with Crippen LogP contribution < -0.4 is 4.74 Å². The van der Waals surface area contributed by atoms with E-state index in [1.54, 1.807) is 18.2 Å². The van der Waals surface area contributed by atoms with Crippen LogP contribution >= 0.6 is 11.6 Å². The van der Waals surface area contributed by atoms with E-state index in [-0.39, 0.29) is 11.4 Å². The van der Waals surface area contributed by atoms with Gasteiger partial charge in [-0.2, -0.15) is 0 Å². The molecule has 0 aliphatic heterocycles. The molecule has 5 heteroatoms. The third-order valence-corrected chi connectivity index (χ3v) is 3.63. The average Bonchev–Trinajstić information content (AvgIpc) is 2.60. The monoisotopic (exact) mass is 339 g/mol. The van der Waals surface area contributed by atoms with E-state index in [4.69, 9.17) is 16.3 Å². The van der Waals surface area contributed by atoms with Crippen molar-refractivity contribution in [1.82, 2.24) is 4.98 Å². The summed E-state index contributed by atoms with van der Waals surface area (Å²) >= 11 is 6.00. The molecular weight excluding hydrogens is 326 g/mol. The molecule has 0 unspecified atom stereocenters. The molecule has 0 aliphatic carbocycles. The summed E-state index contributed by atoms with van der Waals surface area (Å²) in [6, 6.07) is 19.6. The predicted octanol–water partition coefficient (Wildman–Crippen LogP) is 4.68. The lowest BCUT2D eigenvalue weighted by Gasteiger charge is -2.09. The number of rotatable bonds is 5. The summed E-state index contributed by atoms with van der Waals surface area (Å²) in [5, 5.41) is 9.87. The van der Waals surface area contributed by atoms with E-state index in [1.165, 1.54) is 12.1 Å². The fraction of sp³-hybridized carbons (Fsp3) is 0.0526. The van der Waals surface area contributed by atoms with E-state index >= 15 is 0 Å². The first-order valence-corrected chi connectivity index (χ1v) is 7.67. The number of hydrogen-bond acceptors (Lipinski definition) is 3. The van der Waals surface area contributed by atoms with Crippen LogP contribution in [0, 0.1) is 0 Å². The number of carbonyl (C=O) groups is 1. The normalized spacial score (nSPS) is 10.4. The third kappa shape index (κ3) is 3.91. The molecular formula is C19H14ClNO3. The van der Waals surface area contributed by atoms with Crippen molar-refractivity contribution in [3.8, 4) is 17.1 Å². The van der Waals surface area contributed by atoms with Crippen molar-refractivity contribution in [3.05, 3.63) is 82.9 Å². The summed E-state index contributed by atoms with van der Waals surface area (Å²) in [6.07, 6.45) is 0. The molecule has 0 bridgehead atoms. The summed E-state index contributed by atoms with van der Waals surface area (Å²) in [5.41, 5.74) is 2.32. The maximum absolute atomic E-state index is 11.4. The second kappa shape index (κ2) is 7.15. The molecule has 0 aliphatic rings. The predicted molar refractivity (Wildman–Crippen MR) is 92.4 cm³/mol. The lowest BCUT2D eigenvalue weighted by molar-refractivity contribution is 0.0696. The van der Waals surface area contributed by atoms with Gasteiger partial charge in [-0.15, -0.1) is 0 Å². The third-order valence-electron chi connectivity index (χ3n) is 3.40. The molecule has 0 spiro atoms. The van der Waals surface area contributed by atoms with Crippen molar-refractivity contribution >= 4 is 17.6 Å². The van der Waals surface area contributed by atoms with Gasteiger partial charge >= 0.3 is 5.97 Å². The minimum atomic E-state index is -1.04. The molecule has 0 saturated carbocycles. The molecule has 24 heavy (non-hydrogen) atoms. The fourth-order valence-electron chi connectivity index (χ4n) is 2.23. The van der Waals surface area contributed by atoms with Gasteiger partial charge in [0, 0.05) is 16.7 Å². The Morgan fingerprint density at radius 1 is 1.04 bits per heavy atom. The maximum atomic E-state index is 11.4. The summed E-state index contributed by atoms with van der Waals surface area (Å²) in [5.74, 6) is -0.779. The topological polar surface area (TPSA) is 59.4 Å². The van der Waals surface area contributed by atoms with Crippen LogP contribution in [0.3, 0.4) is 0 Å². The van der Waals surface area contributed by atoms with Gasteiger partial charge < -0.3 is 9.84 Å². The molecule has 3 rings (SSSR count). The van der Waals surface area contributed by atoms with Gasteiger partial charge in [-0.3, -0.25) is 0 Å². The van der Waals surface area contributed by atoms with E-state index in [9.17, 15) is 9.90 Å². The number of halogens is 1. The highest BCUT2D eigenvalue weighted by Crippen LogP contribution is 2.25. The van der Waals surface area contributed by atoms with E-state index < -0.39 is 5.97 Å². The van der Waals surface area contributed by atoms with Gasteiger partial charge in [-0.25, -0.2) is 9.78 Å². The zero-order valence-corrected chi connectivity index (χ0v) is 13.4. The van der Waals surface area contributed by atoms with Gasteiger partial charge in [0.15, 0.2) is 0 Å². The van der Waals surface area contributed by atoms with Crippen molar-refractivity contribution in [2.75, 3.05) is 0 Å². The van der Waals surface area contributed by atoms with Crippen LogP contribution in [0.2, 0.25) is 5.02 Å². The van der Waals surface area contributed by atoms with Crippen LogP contribution in [0.15, 0.2) is 66.7 Å². The summed E-state index contributed by atoms with van der Waals surface area (Å²) in [4.78, 5) is 15.8. The molecule has 1 aromatic heterocycles. The minimum Gasteiger partial charge on any atom is -0.478 e. The number of ether oxygens (including phenoxy) is 1. The Morgan fingerprint density at radius 2 is 1.83 bits per heavy atom. The molecule has 120 valence electrons. The molecule has 0 amide bonds. The number of aromatic nitrogens is 1. The first-order chi connectivity index (χ1) is 11.6. The number of carboxylic acids is 1. The van der Waals surface area contributed by atoms with Gasteiger partial charge in [0.05, 0.1) is 11.3 Å². The summed E-state index contributed by atoms with van der Waals surface area (Å²) < 4.78 is 5.67. The number of carboxylic acid groups (broad SMARTS) is 1. The van der Waals surface area contributed by atoms with Crippen molar-refractivity contribution < 1.29 is 14.6 Å². The standard InChI is InChI=1S/C19H14ClNO3/c20-16-8-4-7-14(9-16)17-10-15(19(22)23)11-18(21-17)24-12-13-5-2-1-3-6-13/h1-11H,12H2,(H,22,23). The zero-order valence-electron chi connectivity index (χ0n) is 12.6. The van der Waals surface area contributed by atoms with Gasteiger partial charge in [-0.1, -0.05) is 54.1 Å². The van der Waals surface area contributed by atoms with Crippen LogP contribution in [0.4, 0.5) is 0 Å². The number of pyridine rings is 1. The Labute approximate surface area is 144 Å². The van der Waals surface area contributed by atoms with E-state index in [0.29, 0.717) is 17.3 Å². The molecule has 1 heterocycles. The molecule has 1 N–H and O–H groups in total. The second-order valence-electron chi connectivity index (χ2n) is 5.17. The van der Waals surface area contributed by atoms with E-state index in [0.717, 1.165) is 11.1 Å². The number of benzene rings is 2. The smallest absolute Gasteiger partial charge is 0.335 e. The van der Waals surface area contributed by atoms with Crippen molar-refractivity contribution in [1.29, 1.82) is 0 Å². The van der Waals surface area contributed by atoms with Crippen molar-refractivity contribution in [3.63, 3.8) is 0 Å². The molecule has 3 aromatic rings. The van der Waals surface area contributed by atoms with Crippen molar-refractivity contribution in [2.24, 2.45) is 0 Å². The quantitative estimate of drug-likeness (QED) is 0.733. The Hall–Kier alpha value is -2.85. The van der Waals surface area contributed by atoms with Crippen molar-refractivity contribution in [2.45, 2.75) is 6.61 Å². The highest BCUT2D eigenvalue weighted by molar-refractivity contribution is 6.30. The first kappa shape index (κ1) is 16.0. The molecule has 0 radical (unpaired) electrons. The second-order valence-corrected chi connectivity index (χ2v) is 5.61. The molecule has 2 aromatic carbocycles. The Balaban J connectivity index is 1.92. The zero-order chi connectivity index (χ0) is 16.9. The molecule has 0 atom stereocenters. The molecule has 4 nitrogen and oxygen atoms in total. The van der Waals surface area contributed by atoms with Crippen LogP contribution in [0.1, 0.15) is 15.9 Å². The van der Waals surface area contributed by atoms with Gasteiger partial charge in [-0.05, 0) is 23.8 Å².